The predicted octanol–water partition coefficient (Wildman–Crippen LogP) is 2.78. The van der Waals surface area contributed by atoms with Crippen LogP contribution in [0.1, 0.15) is 45.2 Å². The molecule has 1 aliphatic heterocycles. The molecule has 0 atom stereocenters. The fraction of sp³-hybridized carbons (Fsp3) is 0.682. The normalized spacial score (nSPS) is 16.2. The van der Waals surface area contributed by atoms with Gasteiger partial charge in [-0.05, 0) is 38.3 Å². The van der Waals surface area contributed by atoms with Gasteiger partial charge in [0.1, 0.15) is 0 Å². The van der Waals surface area contributed by atoms with E-state index in [1.165, 1.54) is 11.1 Å². The topological polar surface area (TPSA) is 58.1 Å². The SMILES string of the molecule is CCCOCc1ccccc1CN=C(NCC)NCC(C)(C)N1CCOCC1. The molecule has 6 heteroatoms. The van der Waals surface area contributed by atoms with Crippen LogP contribution in [0.15, 0.2) is 29.3 Å². The molecule has 158 valence electrons. The van der Waals surface area contributed by atoms with Gasteiger partial charge in [-0.3, -0.25) is 4.90 Å². The summed E-state index contributed by atoms with van der Waals surface area (Å²) in [6, 6.07) is 8.39. The van der Waals surface area contributed by atoms with Crippen molar-refractivity contribution in [1.82, 2.24) is 15.5 Å². The van der Waals surface area contributed by atoms with E-state index in [1.807, 2.05) is 0 Å². The highest BCUT2D eigenvalue weighted by Gasteiger charge is 2.28. The number of guanidine groups is 1. The molecule has 1 fully saturated rings. The van der Waals surface area contributed by atoms with Gasteiger partial charge in [-0.25, -0.2) is 4.99 Å². The number of nitrogens with zero attached hydrogens (tertiary/aromatic N) is 2. The number of hydrogen-bond acceptors (Lipinski definition) is 4. The molecule has 6 nitrogen and oxygen atoms in total. The molecule has 0 radical (unpaired) electrons. The lowest BCUT2D eigenvalue weighted by atomic mass is 10.0. The summed E-state index contributed by atoms with van der Waals surface area (Å²) in [6.45, 7) is 16.1. The smallest absolute Gasteiger partial charge is 0.191 e. The molecule has 1 saturated heterocycles. The molecule has 0 amide bonds. The average Bonchev–Trinajstić information content (AvgIpc) is 2.72. The van der Waals surface area contributed by atoms with Gasteiger partial charge in [0.15, 0.2) is 5.96 Å². The first-order valence-electron chi connectivity index (χ1n) is 10.6. The van der Waals surface area contributed by atoms with E-state index >= 15 is 0 Å². The molecule has 1 aliphatic rings. The molecule has 0 aliphatic carbocycles. The molecule has 1 heterocycles. The van der Waals surface area contributed by atoms with Gasteiger partial charge in [-0.2, -0.15) is 0 Å². The molecular formula is C22H38N4O2. The Bertz CT molecular complexity index is 598. The van der Waals surface area contributed by atoms with E-state index in [1.54, 1.807) is 0 Å². The Morgan fingerprint density at radius 3 is 2.54 bits per heavy atom. The summed E-state index contributed by atoms with van der Waals surface area (Å²) in [5, 5.41) is 6.89. The van der Waals surface area contributed by atoms with Crippen LogP contribution in [0.4, 0.5) is 0 Å². The Kier molecular flexibility index (Phi) is 9.75. The van der Waals surface area contributed by atoms with E-state index in [0.717, 1.165) is 58.4 Å². The van der Waals surface area contributed by atoms with Crippen LogP contribution in [-0.4, -0.2) is 62.4 Å². The lowest BCUT2D eigenvalue weighted by Crippen LogP contribution is -2.56. The Labute approximate surface area is 170 Å². The summed E-state index contributed by atoms with van der Waals surface area (Å²) >= 11 is 0. The van der Waals surface area contributed by atoms with E-state index in [9.17, 15) is 0 Å². The second kappa shape index (κ2) is 12.0. The second-order valence-electron chi connectivity index (χ2n) is 7.78. The van der Waals surface area contributed by atoms with Gasteiger partial charge in [0, 0.05) is 38.3 Å². The van der Waals surface area contributed by atoms with E-state index in [2.05, 4.69) is 67.5 Å². The number of morpholine rings is 1. The number of nitrogens with one attached hydrogen (secondary N) is 2. The highest BCUT2D eigenvalue weighted by Crippen LogP contribution is 2.15. The van der Waals surface area contributed by atoms with Gasteiger partial charge in [0.25, 0.3) is 0 Å². The predicted molar refractivity (Wildman–Crippen MR) is 116 cm³/mol. The molecule has 1 aromatic carbocycles. The van der Waals surface area contributed by atoms with Crippen molar-refractivity contribution in [3.63, 3.8) is 0 Å². The maximum atomic E-state index is 5.73. The third-order valence-corrected chi connectivity index (χ3v) is 5.03. The average molecular weight is 391 g/mol. The molecule has 0 unspecified atom stereocenters. The quantitative estimate of drug-likeness (QED) is 0.365. The fourth-order valence-electron chi connectivity index (χ4n) is 3.27. The zero-order valence-corrected chi connectivity index (χ0v) is 18.1. The molecule has 1 aromatic rings. The third-order valence-electron chi connectivity index (χ3n) is 5.03. The van der Waals surface area contributed by atoms with Crippen LogP contribution in [0.2, 0.25) is 0 Å². The first kappa shape index (κ1) is 22.7. The van der Waals surface area contributed by atoms with E-state index in [0.29, 0.717) is 13.2 Å². The highest BCUT2D eigenvalue weighted by atomic mass is 16.5. The van der Waals surface area contributed by atoms with Crippen molar-refractivity contribution in [2.45, 2.75) is 52.8 Å². The van der Waals surface area contributed by atoms with Crippen LogP contribution in [0.5, 0.6) is 0 Å². The van der Waals surface area contributed by atoms with Crippen LogP contribution < -0.4 is 10.6 Å². The monoisotopic (exact) mass is 390 g/mol. The van der Waals surface area contributed by atoms with E-state index in [4.69, 9.17) is 14.5 Å². The lowest BCUT2D eigenvalue weighted by molar-refractivity contribution is -0.00834. The zero-order valence-electron chi connectivity index (χ0n) is 18.1. The van der Waals surface area contributed by atoms with Crippen molar-refractivity contribution in [2.24, 2.45) is 4.99 Å². The van der Waals surface area contributed by atoms with Crippen LogP contribution in [0, 0.1) is 0 Å². The summed E-state index contributed by atoms with van der Waals surface area (Å²) in [5.41, 5.74) is 2.47. The molecule has 0 saturated carbocycles. The van der Waals surface area contributed by atoms with Gasteiger partial charge in [0.2, 0.25) is 0 Å². The van der Waals surface area contributed by atoms with Gasteiger partial charge in [-0.1, -0.05) is 31.2 Å². The molecule has 28 heavy (non-hydrogen) atoms. The van der Waals surface area contributed by atoms with Crippen molar-refractivity contribution < 1.29 is 9.47 Å². The summed E-state index contributed by atoms with van der Waals surface area (Å²) < 4.78 is 11.2. The molecule has 2 rings (SSSR count). The number of benzene rings is 1. The standard InChI is InChI=1S/C22H38N4O2/c1-5-13-28-17-20-10-8-7-9-19(20)16-24-21(23-6-2)25-18-22(3,4)26-11-14-27-15-12-26/h7-10H,5-6,11-18H2,1-4H3,(H2,23,24,25). The van der Waals surface area contributed by atoms with Crippen LogP contribution >= 0.6 is 0 Å². The number of hydrogen-bond donors (Lipinski definition) is 2. The minimum Gasteiger partial charge on any atom is -0.379 e. The van der Waals surface area contributed by atoms with Crippen molar-refractivity contribution in [2.75, 3.05) is 46.0 Å². The van der Waals surface area contributed by atoms with Crippen molar-refractivity contribution in [3.05, 3.63) is 35.4 Å². The maximum Gasteiger partial charge on any atom is 0.191 e. The van der Waals surface area contributed by atoms with E-state index < -0.39 is 0 Å². The number of ether oxygens (including phenoxy) is 2. The first-order valence-corrected chi connectivity index (χ1v) is 10.6. The van der Waals surface area contributed by atoms with Crippen LogP contribution in [0.25, 0.3) is 0 Å². The number of aliphatic imine (C=N–C) groups is 1. The van der Waals surface area contributed by atoms with Crippen LogP contribution in [-0.2, 0) is 22.6 Å². The lowest BCUT2D eigenvalue weighted by Gasteiger charge is -2.41. The Morgan fingerprint density at radius 2 is 1.86 bits per heavy atom. The maximum absolute atomic E-state index is 5.73. The zero-order chi connectivity index (χ0) is 20.2. The van der Waals surface area contributed by atoms with Crippen molar-refractivity contribution in [1.29, 1.82) is 0 Å². The van der Waals surface area contributed by atoms with Crippen molar-refractivity contribution >= 4 is 5.96 Å². The molecule has 0 spiro atoms. The minimum absolute atomic E-state index is 0.0475. The Hall–Kier alpha value is -1.63. The fourth-order valence-corrected chi connectivity index (χ4v) is 3.27. The summed E-state index contributed by atoms with van der Waals surface area (Å²) in [7, 11) is 0. The van der Waals surface area contributed by atoms with Gasteiger partial charge >= 0.3 is 0 Å². The highest BCUT2D eigenvalue weighted by molar-refractivity contribution is 5.79. The molecule has 2 N–H and O–H groups in total. The summed E-state index contributed by atoms with van der Waals surface area (Å²) in [6.07, 6.45) is 1.04. The summed E-state index contributed by atoms with van der Waals surface area (Å²) in [5.74, 6) is 0.855. The van der Waals surface area contributed by atoms with Gasteiger partial charge in [-0.15, -0.1) is 0 Å². The Morgan fingerprint density at radius 1 is 1.14 bits per heavy atom. The van der Waals surface area contributed by atoms with E-state index in [-0.39, 0.29) is 5.54 Å². The minimum atomic E-state index is 0.0475. The largest absolute Gasteiger partial charge is 0.379 e. The molecular weight excluding hydrogens is 352 g/mol. The van der Waals surface area contributed by atoms with Gasteiger partial charge < -0.3 is 20.1 Å². The van der Waals surface area contributed by atoms with Crippen molar-refractivity contribution in [3.8, 4) is 0 Å². The first-order chi connectivity index (χ1) is 13.6. The molecule has 0 aromatic heterocycles. The second-order valence-corrected chi connectivity index (χ2v) is 7.78. The summed E-state index contributed by atoms with van der Waals surface area (Å²) in [4.78, 5) is 7.30. The van der Waals surface area contributed by atoms with Crippen LogP contribution in [0.3, 0.4) is 0 Å². The number of rotatable bonds is 10. The molecule has 0 bridgehead atoms. The van der Waals surface area contributed by atoms with Gasteiger partial charge in [0.05, 0.1) is 26.4 Å². The Balaban J connectivity index is 1.96. The third kappa shape index (κ3) is 7.41.